The lowest BCUT2D eigenvalue weighted by molar-refractivity contribution is 0.0504. The van der Waals surface area contributed by atoms with Crippen LogP contribution in [0, 0.1) is 50.4 Å². The van der Waals surface area contributed by atoms with Crippen molar-refractivity contribution in [2.24, 2.45) is 0 Å². The van der Waals surface area contributed by atoms with E-state index in [1.54, 1.807) is 22.6 Å². The Hall–Kier alpha value is -3.86. The summed E-state index contributed by atoms with van der Waals surface area (Å²) in [5.74, 6) is 0.475. The number of nitriles is 2. The molecule has 0 aliphatic carbocycles. The van der Waals surface area contributed by atoms with Crippen LogP contribution in [0.3, 0.4) is 0 Å². The van der Waals surface area contributed by atoms with Crippen molar-refractivity contribution < 1.29 is 19.1 Å². The molecule has 4 aromatic heterocycles. The Morgan fingerprint density at radius 2 is 1.12 bits per heavy atom. The van der Waals surface area contributed by atoms with E-state index in [2.05, 4.69) is 12.1 Å². The maximum Gasteiger partial charge on any atom is 0.356 e. The fourth-order valence-corrected chi connectivity index (χ4v) is 7.61. The molecule has 4 heterocycles. The highest BCUT2D eigenvalue weighted by atomic mass is 32.2. The van der Waals surface area contributed by atoms with Crippen molar-refractivity contribution in [1.82, 2.24) is 8.80 Å². The number of pyridine rings is 2. The van der Waals surface area contributed by atoms with E-state index < -0.39 is 11.9 Å². The largest absolute Gasteiger partial charge is 0.461 e. The number of rotatable bonds is 11. The second-order valence-electron chi connectivity index (χ2n) is 10.0. The molecule has 0 aromatic carbocycles. The third-order valence-electron chi connectivity index (χ3n) is 6.82. The van der Waals surface area contributed by atoms with E-state index in [1.807, 2.05) is 52.2 Å². The van der Waals surface area contributed by atoms with Gasteiger partial charge in [0.1, 0.15) is 23.5 Å². The van der Waals surface area contributed by atoms with Crippen LogP contribution in [0.15, 0.2) is 34.3 Å². The summed E-state index contributed by atoms with van der Waals surface area (Å²) < 4.78 is 14.3. The molecule has 4 aromatic rings. The highest BCUT2D eigenvalue weighted by Gasteiger charge is 2.27. The van der Waals surface area contributed by atoms with Crippen LogP contribution < -0.4 is 0 Å². The molecule has 0 aliphatic rings. The van der Waals surface area contributed by atoms with E-state index in [-0.39, 0.29) is 13.2 Å². The number of hydrogen-bond acceptors (Lipinski definition) is 8. The number of ether oxygens (including phenoxy) is 2. The second-order valence-corrected chi connectivity index (χ2v) is 12.2. The lowest BCUT2D eigenvalue weighted by atomic mass is 10.1. The third kappa shape index (κ3) is 5.88. The van der Waals surface area contributed by atoms with E-state index >= 15 is 0 Å². The van der Waals surface area contributed by atoms with Crippen LogP contribution in [0.1, 0.15) is 81.0 Å². The van der Waals surface area contributed by atoms with Gasteiger partial charge in [0.2, 0.25) is 0 Å². The minimum Gasteiger partial charge on any atom is -0.461 e. The quantitative estimate of drug-likeness (QED) is 0.101. The van der Waals surface area contributed by atoms with Gasteiger partial charge in [-0.1, -0.05) is 12.1 Å². The van der Waals surface area contributed by atoms with Crippen LogP contribution in [0.5, 0.6) is 0 Å². The Bertz CT molecular complexity index is 1640. The predicted molar refractivity (Wildman–Crippen MR) is 166 cm³/mol. The maximum atomic E-state index is 13.0. The Morgan fingerprint density at radius 3 is 1.45 bits per heavy atom. The first-order valence-corrected chi connectivity index (χ1v) is 15.9. The summed E-state index contributed by atoms with van der Waals surface area (Å²) in [6.45, 7) is 11.8. The number of carbonyl (C=O) groups excluding carboxylic acids is 2. The molecule has 0 saturated carbocycles. The molecule has 0 aliphatic heterocycles. The molecular weight excluding hydrogens is 569 g/mol. The summed E-state index contributed by atoms with van der Waals surface area (Å²) in [7, 11) is 0. The average Bonchev–Trinajstić information content (AvgIpc) is 3.42. The number of aryl methyl sites for hydroxylation is 4. The van der Waals surface area contributed by atoms with Gasteiger partial charge in [-0.3, -0.25) is 0 Å². The summed E-state index contributed by atoms with van der Waals surface area (Å²) in [6.07, 6.45) is 5.35. The molecule has 0 radical (unpaired) electrons. The first kappa shape index (κ1) is 31.1. The summed E-state index contributed by atoms with van der Waals surface area (Å²) in [5.41, 5.74) is 7.03. The van der Waals surface area contributed by atoms with Gasteiger partial charge in [-0.25, -0.2) is 9.59 Å². The highest BCUT2D eigenvalue weighted by molar-refractivity contribution is 7.99. The van der Waals surface area contributed by atoms with Gasteiger partial charge < -0.3 is 18.3 Å². The molecule has 0 fully saturated rings. The number of aromatic nitrogens is 2. The molecule has 0 unspecified atom stereocenters. The molecule has 0 saturated heterocycles. The van der Waals surface area contributed by atoms with Gasteiger partial charge in [-0.15, -0.1) is 23.5 Å². The van der Waals surface area contributed by atoms with Crippen molar-refractivity contribution in [1.29, 1.82) is 10.5 Å². The predicted octanol–water partition coefficient (Wildman–Crippen LogP) is 7.19. The first-order valence-electron chi connectivity index (χ1n) is 13.9. The summed E-state index contributed by atoms with van der Waals surface area (Å²) in [5, 5.41) is 20.1. The van der Waals surface area contributed by atoms with Crippen molar-refractivity contribution in [2.75, 3.05) is 24.7 Å². The zero-order chi connectivity index (χ0) is 30.6. The van der Waals surface area contributed by atoms with Crippen molar-refractivity contribution in [2.45, 2.75) is 64.2 Å². The van der Waals surface area contributed by atoms with E-state index in [1.165, 1.54) is 23.5 Å². The van der Waals surface area contributed by atoms with Crippen molar-refractivity contribution in [3.8, 4) is 12.1 Å². The van der Waals surface area contributed by atoms with Crippen molar-refractivity contribution in [3.05, 3.63) is 69.3 Å². The van der Waals surface area contributed by atoms with Crippen LogP contribution in [0.4, 0.5) is 0 Å². The van der Waals surface area contributed by atoms with Crippen molar-refractivity contribution >= 4 is 46.5 Å². The van der Waals surface area contributed by atoms with Crippen LogP contribution in [-0.2, 0) is 9.47 Å². The minimum atomic E-state index is -0.445. The number of unbranched alkanes of at least 4 members (excludes halogenated alkanes) is 1. The summed E-state index contributed by atoms with van der Waals surface area (Å²) in [4.78, 5) is 27.3. The molecular formula is C32H34N4O4S2. The van der Waals surface area contributed by atoms with Gasteiger partial charge in [0.15, 0.2) is 0 Å². The molecule has 0 spiro atoms. The third-order valence-corrected chi connectivity index (χ3v) is 9.17. The maximum absolute atomic E-state index is 13.0. The van der Waals surface area contributed by atoms with Crippen LogP contribution in [0.25, 0.3) is 11.0 Å². The monoisotopic (exact) mass is 602 g/mol. The summed E-state index contributed by atoms with van der Waals surface area (Å²) in [6, 6.07) is 8.65. The van der Waals surface area contributed by atoms with Crippen molar-refractivity contribution in [3.63, 3.8) is 0 Å². The van der Waals surface area contributed by atoms with Gasteiger partial charge in [-0.05, 0) is 88.1 Å². The Balaban J connectivity index is 1.55. The molecule has 42 heavy (non-hydrogen) atoms. The number of thioether (sulfide) groups is 2. The SMILES string of the molecule is CCOC(=O)c1c(SCCCCSc2c(C#N)c3c(C)cc(C)cn3c2C(=O)OCC)c(C#N)c2c(C)cc(C)cn12. The Kier molecular flexibility index (Phi) is 9.93. The van der Waals surface area contributed by atoms with Crippen LogP contribution in [-0.4, -0.2) is 45.5 Å². The molecule has 0 N–H and O–H groups in total. The van der Waals surface area contributed by atoms with E-state index in [9.17, 15) is 20.1 Å². The zero-order valence-corrected chi connectivity index (χ0v) is 26.4. The Morgan fingerprint density at radius 1 is 0.738 bits per heavy atom. The number of hydrogen-bond donors (Lipinski definition) is 0. The Labute approximate surface area is 254 Å². The van der Waals surface area contributed by atoms with Crippen LogP contribution >= 0.6 is 23.5 Å². The lowest BCUT2D eigenvalue weighted by Crippen LogP contribution is -2.10. The van der Waals surface area contributed by atoms with Crippen LogP contribution in [0.2, 0.25) is 0 Å². The smallest absolute Gasteiger partial charge is 0.356 e. The van der Waals surface area contributed by atoms with Gasteiger partial charge in [0.05, 0.1) is 45.2 Å². The van der Waals surface area contributed by atoms with E-state index in [4.69, 9.17) is 9.47 Å². The average molecular weight is 603 g/mol. The van der Waals surface area contributed by atoms with Gasteiger partial charge in [0.25, 0.3) is 0 Å². The first-order chi connectivity index (χ1) is 20.2. The van der Waals surface area contributed by atoms with Gasteiger partial charge in [-0.2, -0.15) is 10.5 Å². The van der Waals surface area contributed by atoms with E-state index in [0.29, 0.717) is 43.8 Å². The number of nitrogens with zero attached hydrogens (tertiary/aromatic N) is 4. The number of esters is 2. The lowest BCUT2D eigenvalue weighted by Gasteiger charge is -2.08. The molecule has 218 valence electrons. The topological polar surface area (TPSA) is 109 Å². The minimum absolute atomic E-state index is 0.243. The standard InChI is InChI=1S/C32H34N4O4S2/c1-7-39-31(37)27-29(23(15-33)25-21(5)13-19(3)17-35(25)27)41-11-9-10-12-42-30-24(16-34)26-22(6)14-20(4)18-36(26)28(30)32(38)40-8-2/h13-14,17-18H,7-12H2,1-6H3. The second kappa shape index (κ2) is 13.4. The van der Waals surface area contributed by atoms with E-state index in [0.717, 1.165) is 46.1 Å². The summed E-state index contributed by atoms with van der Waals surface area (Å²) >= 11 is 2.97. The molecule has 10 heteroatoms. The molecule has 8 nitrogen and oxygen atoms in total. The fourth-order valence-electron chi connectivity index (χ4n) is 5.29. The molecule has 0 atom stereocenters. The zero-order valence-electron chi connectivity index (χ0n) is 24.8. The number of carbonyl (C=O) groups is 2. The number of fused-ring (bicyclic) bond motifs is 2. The molecule has 0 amide bonds. The highest BCUT2D eigenvalue weighted by Crippen LogP contribution is 2.37. The molecule has 0 bridgehead atoms. The normalized spacial score (nSPS) is 11.0. The van der Waals surface area contributed by atoms with Gasteiger partial charge in [0, 0.05) is 12.4 Å². The fraction of sp³-hybridized carbons (Fsp3) is 0.375. The van der Waals surface area contributed by atoms with Gasteiger partial charge >= 0.3 is 11.9 Å². The molecule has 4 rings (SSSR count).